The number of unbranched alkanes of at least 4 members (excludes halogenated alkanes) is 31. The zero-order valence-corrected chi connectivity index (χ0v) is 54.0. The van der Waals surface area contributed by atoms with Crippen molar-refractivity contribution in [2.24, 2.45) is 0 Å². The lowest BCUT2D eigenvalue weighted by Crippen LogP contribution is -2.65. The molecule has 2 fully saturated rings. The zero-order chi connectivity index (χ0) is 62.3. The summed E-state index contributed by atoms with van der Waals surface area (Å²) in [6, 6.07) is -0.949. The first-order chi connectivity index (χ1) is 42.1. The van der Waals surface area contributed by atoms with Gasteiger partial charge in [0.2, 0.25) is 5.91 Å². The number of allylic oxidation sites excluding steroid dienone is 13. The molecule has 0 aromatic heterocycles. The number of carbonyl (C=O) groups is 1. The normalized spacial score (nSPS) is 23.9. The predicted molar refractivity (Wildman–Crippen MR) is 350 cm³/mol. The maximum Gasteiger partial charge on any atom is 0.220 e. The van der Waals surface area contributed by atoms with E-state index in [9.17, 15) is 45.6 Å². The molecule has 2 saturated heterocycles. The van der Waals surface area contributed by atoms with Gasteiger partial charge in [0.05, 0.1) is 32.0 Å². The van der Waals surface area contributed by atoms with Crippen LogP contribution in [0.15, 0.2) is 85.1 Å². The highest BCUT2D eigenvalue weighted by Crippen LogP contribution is 2.30. The molecule has 14 nitrogen and oxygen atoms in total. The summed E-state index contributed by atoms with van der Waals surface area (Å²) in [6.07, 6.45) is 60.7. The smallest absolute Gasteiger partial charge is 0.220 e. The molecule has 1 amide bonds. The van der Waals surface area contributed by atoms with Crippen LogP contribution in [0.1, 0.15) is 271 Å². The van der Waals surface area contributed by atoms with Gasteiger partial charge >= 0.3 is 0 Å². The second-order valence-electron chi connectivity index (χ2n) is 24.3. The average Bonchev–Trinajstić information content (AvgIpc) is 2.54. The van der Waals surface area contributed by atoms with Crippen LogP contribution in [0.25, 0.3) is 0 Å². The summed E-state index contributed by atoms with van der Waals surface area (Å²) in [5, 5.41) is 87.4. The topological polar surface area (TPSA) is 228 Å². The molecule has 2 heterocycles. The monoisotopic (exact) mass is 1210 g/mol. The number of aliphatic hydroxyl groups excluding tert-OH is 8. The van der Waals surface area contributed by atoms with Crippen LogP contribution in [0, 0.1) is 0 Å². The van der Waals surface area contributed by atoms with Gasteiger partial charge in [-0.05, 0) is 77.0 Å². The minimum atomic E-state index is -1.80. The zero-order valence-electron chi connectivity index (χ0n) is 54.0. The number of nitrogens with one attached hydrogen (secondary N) is 1. The van der Waals surface area contributed by atoms with E-state index in [2.05, 4.69) is 92.1 Å². The lowest BCUT2D eigenvalue weighted by molar-refractivity contribution is -0.359. The van der Waals surface area contributed by atoms with E-state index in [1.807, 2.05) is 6.08 Å². The van der Waals surface area contributed by atoms with Crippen molar-refractivity contribution in [3.63, 3.8) is 0 Å². The fourth-order valence-electron chi connectivity index (χ4n) is 11.0. The lowest BCUT2D eigenvalue weighted by Gasteiger charge is -2.46. The van der Waals surface area contributed by atoms with E-state index >= 15 is 0 Å². The summed E-state index contributed by atoms with van der Waals surface area (Å²) >= 11 is 0. The van der Waals surface area contributed by atoms with Gasteiger partial charge in [-0.1, -0.05) is 272 Å². The van der Waals surface area contributed by atoms with Crippen LogP contribution in [0.4, 0.5) is 0 Å². The van der Waals surface area contributed by atoms with Crippen LogP contribution in [0.5, 0.6) is 0 Å². The minimum Gasteiger partial charge on any atom is -0.394 e. The highest BCUT2D eigenvalue weighted by molar-refractivity contribution is 5.76. The molecule has 0 aromatic rings. The molecule has 2 aliphatic rings. The van der Waals surface area contributed by atoms with Crippen molar-refractivity contribution >= 4 is 5.91 Å². The van der Waals surface area contributed by atoms with Crippen molar-refractivity contribution in [2.45, 2.75) is 344 Å². The van der Waals surface area contributed by atoms with Gasteiger partial charge in [0.15, 0.2) is 12.6 Å². The molecule has 0 radical (unpaired) electrons. The molecular weight excluding hydrogens is 1090 g/mol. The molecule has 9 N–H and O–H groups in total. The van der Waals surface area contributed by atoms with E-state index in [0.717, 1.165) is 77.0 Å². The van der Waals surface area contributed by atoms with Crippen LogP contribution in [0.3, 0.4) is 0 Å². The maximum absolute atomic E-state index is 13.3. The third-order valence-corrected chi connectivity index (χ3v) is 16.6. The Balaban J connectivity index is 1.70. The first-order valence-electron chi connectivity index (χ1n) is 34.8. The summed E-state index contributed by atoms with van der Waals surface area (Å²) in [5.74, 6) is -0.268. The van der Waals surface area contributed by atoms with E-state index in [1.54, 1.807) is 6.08 Å². The van der Waals surface area contributed by atoms with Gasteiger partial charge in [0, 0.05) is 6.42 Å². The Morgan fingerprint density at radius 3 is 1.28 bits per heavy atom. The third-order valence-electron chi connectivity index (χ3n) is 16.6. The Hall–Kier alpha value is -2.83. The van der Waals surface area contributed by atoms with Crippen molar-refractivity contribution in [3.05, 3.63) is 85.1 Å². The molecule has 12 atom stereocenters. The number of rotatable bonds is 56. The summed E-state index contributed by atoms with van der Waals surface area (Å²) in [4.78, 5) is 13.3. The second kappa shape index (κ2) is 56.2. The quantitative estimate of drug-likeness (QED) is 0.0204. The predicted octanol–water partition coefficient (Wildman–Crippen LogP) is 14.0. The summed E-state index contributed by atoms with van der Waals surface area (Å²) in [5.41, 5.74) is 0. The fourth-order valence-corrected chi connectivity index (χ4v) is 11.0. The van der Waals surface area contributed by atoms with E-state index in [0.29, 0.717) is 12.8 Å². The number of carbonyl (C=O) groups excluding carboxylic acids is 1. The molecule has 2 rings (SSSR count). The SMILES string of the molecule is CC/C=C\C/C=C\C/C=C\C/C=C\C/C=C\CCCCCCCC(=O)NC(COC1OC(CO)C(OC2OC(CO)C(O)C(O)C2O)C(O)C1O)C(O)/C=C/CC/C=C/CCCCCCCCCCCCCCCCCCCCCCCCCCC. The summed E-state index contributed by atoms with van der Waals surface area (Å²) in [6.45, 7) is 2.67. The van der Waals surface area contributed by atoms with Crippen molar-refractivity contribution < 1.29 is 64.6 Å². The van der Waals surface area contributed by atoms with Gasteiger partial charge in [0.25, 0.3) is 0 Å². The van der Waals surface area contributed by atoms with Gasteiger partial charge in [-0.25, -0.2) is 0 Å². The van der Waals surface area contributed by atoms with Gasteiger partial charge < -0.3 is 65.1 Å². The molecule has 0 saturated carbocycles. The third kappa shape index (κ3) is 40.0. The second-order valence-corrected chi connectivity index (χ2v) is 24.3. The van der Waals surface area contributed by atoms with Crippen molar-refractivity contribution in [1.29, 1.82) is 0 Å². The van der Waals surface area contributed by atoms with Gasteiger partial charge in [-0.2, -0.15) is 0 Å². The van der Waals surface area contributed by atoms with Gasteiger partial charge in [-0.3, -0.25) is 4.79 Å². The van der Waals surface area contributed by atoms with Crippen LogP contribution in [-0.4, -0.2) is 140 Å². The van der Waals surface area contributed by atoms with Gasteiger partial charge in [-0.15, -0.1) is 0 Å². The molecular formula is C72H127NO13. The fraction of sp³-hybridized carbons (Fsp3) is 0.792. The summed E-state index contributed by atoms with van der Waals surface area (Å²) in [7, 11) is 0. The Bertz CT molecular complexity index is 1770. The number of hydrogen-bond acceptors (Lipinski definition) is 13. The van der Waals surface area contributed by atoms with E-state index in [1.165, 1.54) is 161 Å². The van der Waals surface area contributed by atoms with Crippen LogP contribution in [-0.2, 0) is 23.7 Å². The van der Waals surface area contributed by atoms with Crippen LogP contribution in [0.2, 0.25) is 0 Å². The van der Waals surface area contributed by atoms with Crippen LogP contribution >= 0.6 is 0 Å². The minimum absolute atomic E-state index is 0.247. The largest absolute Gasteiger partial charge is 0.394 e. The Morgan fingerprint density at radius 1 is 0.430 bits per heavy atom. The first kappa shape index (κ1) is 79.3. The summed E-state index contributed by atoms with van der Waals surface area (Å²) < 4.78 is 22.8. The van der Waals surface area contributed by atoms with Gasteiger partial charge in [0.1, 0.15) is 48.8 Å². The Kier molecular flexibility index (Phi) is 51.8. The number of amides is 1. The molecule has 0 aliphatic carbocycles. The molecule has 498 valence electrons. The highest BCUT2D eigenvalue weighted by Gasteiger charge is 2.51. The molecule has 14 heteroatoms. The molecule has 0 bridgehead atoms. The molecule has 86 heavy (non-hydrogen) atoms. The Labute approximate surface area is 522 Å². The molecule has 0 spiro atoms. The number of hydrogen-bond donors (Lipinski definition) is 9. The molecule has 2 aliphatic heterocycles. The van der Waals surface area contributed by atoms with Crippen molar-refractivity contribution in [2.75, 3.05) is 19.8 Å². The average molecular weight is 1210 g/mol. The maximum atomic E-state index is 13.3. The first-order valence-corrected chi connectivity index (χ1v) is 34.8. The number of ether oxygens (including phenoxy) is 4. The Morgan fingerprint density at radius 2 is 0.814 bits per heavy atom. The molecule has 0 aromatic carbocycles. The van der Waals surface area contributed by atoms with E-state index in [-0.39, 0.29) is 18.9 Å². The van der Waals surface area contributed by atoms with E-state index < -0.39 is 86.8 Å². The van der Waals surface area contributed by atoms with Crippen LogP contribution < -0.4 is 5.32 Å². The highest BCUT2D eigenvalue weighted by atomic mass is 16.7. The number of aliphatic hydroxyl groups is 8. The van der Waals surface area contributed by atoms with Crippen molar-refractivity contribution in [3.8, 4) is 0 Å². The molecule has 12 unspecified atom stereocenters. The van der Waals surface area contributed by atoms with Crippen molar-refractivity contribution in [1.82, 2.24) is 5.32 Å². The lowest BCUT2D eigenvalue weighted by atomic mass is 9.97. The van der Waals surface area contributed by atoms with E-state index in [4.69, 9.17) is 18.9 Å². The standard InChI is InChI=1S/C72H127NO13/c1-3-5-7-9-11-13-15-17-19-21-23-25-26-27-28-29-30-31-32-33-34-36-37-39-41-43-45-47-49-51-53-55-61(76)60(59-83-71-69(82)67(80)70(63(58-75)85-71)86-72-68(81)66(79)65(78)62(57-74)84-72)73-64(77)56-54-52-50-48-46-44-42-40-38-35-24-22-20-18-16-14-12-10-8-6-4-2/h6,8,12,14,18,20,24,35,40,42,45,47,53,55,60-63,65-72,74-76,78-82H,3-5,7,9-11,13,15-17,19,21-23,25-34,36-39,41,43-44,46,48-52,54,56-59H2,1-2H3,(H,73,77)/b8-6-,14-12-,20-18-,35-24-,42-40-,47-45+,55-53+.